The van der Waals surface area contributed by atoms with Crippen LogP contribution >= 0.6 is 0 Å². The Morgan fingerprint density at radius 2 is 1.35 bits per heavy atom. The van der Waals surface area contributed by atoms with Crippen LogP contribution in [-0.4, -0.2) is 65.4 Å². The lowest BCUT2D eigenvalue weighted by Crippen LogP contribution is -2.64. The SMILES string of the molecule is CC(OCc1ccccc1)C(NC(=O)OCC1c2ccccc2-c2ccccc21)C(=O)NC1(C(=O)O)CCN(Cc2ccccc2)CC1. The Balaban J connectivity index is 1.14. The number of carbonyl (C=O) groups excluding carboxylic acids is 2. The third-order valence-corrected chi connectivity index (χ3v) is 9.46. The lowest BCUT2D eigenvalue weighted by molar-refractivity contribution is -0.151. The van der Waals surface area contributed by atoms with Gasteiger partial charge in [0.1, 0.15) is 18.2 Å². The van der Waals surface area contributed by atoms with E-state index in [9.17, 15) is 19.5 Å². The number of carboxylic acid groups (broad SMARTS) is 1. The van der Waals surface area contributed by atoms with Crippen molar-refractivity contribution in [1.29, 1.82) is 0 Å². The zero-order valence-corrected chi connectivity index (χ0v) is 27.0. The van der Waals surface area contributed by atoms with E-state index < -0.39 is 35.7 Å². The number of carbonyl (C=O) groups is 3. The summed E-state index contributed by atoms with van der Waals surface area (Å²) in [5.74, 6) is -1.89. The highest BCUT2D eigenvalue weighted by atomic mass is 16.5. The molecule has 0 spiro atoms. The molecule has 1 fully saturated rings. The fourth-order valence-electron chi connectivity index (χ4n) is 6.70. The summed E-state index contributed by atoms with van der Waals surface area (Å²) in [7, 11) is 0. The summed E-state index contributed by atoms with van der Waals surface area (Å²) in [5, 5.41) is 15.9. The number of amides is 2. The Bertz CT molecular complexity index is 1680. The second-order valence-corrected chi connectivity index (χ2v) is 12.6. The molecule has 9 nitrogen and oxygen atoms in total. The van der Waals surface area contributed by atoms with E-state index in [4.69, 9.17) is 9.47 Å². The fourth-order valence-corrected chi connectivity index (χ4v) is 6.70. The Morgan fingerprint density at radius 3 is 1.94 bits per heavy atom. The lowest BCUT2D eigenvalue weighted by atomic mass is 9.86. The maximum absolute atomic E-state index is 13.9. The largest absolute Gasteiger partial charge is 0.480 e. The van der Waals surface area contributed by atoms with Gasteiger partial charge in [0.15, 0.2) is 0 Å². The first-order valence-electron chi connectivity index (χ1n) is 16.4. The molecule has 1 aliphatic carbocycles. The minimum absolute atomic E-state index is 0.0732. The van der Waals surface area contributed by atoms with Gasteiger partial charge < -0.3 is 25.2 Å². The molecule has 0 aromatic heterocycles. The van der Waals surface area contributed by atoms with Crippen LogP contribution in [0.5, 0.6) is 0 Å². The standard InChI is InChI=1S/C39H41N3O6/c1-27(47-25-29-14-6-3-7-15-29)35(36(43)41-39(37(44)45)20-22-42(23-21-39)24-28-12-4-2-5-13-28)40-38(46)48-26-34-32-18-10-8-16-30(32)31-17-9-11-19-33(31)34/h2-19,27,34-35H,20-26H2,1H3,(H,40,46)(H,41,43)(H,44,45). The molecule has 0 radical (unpaired) electrons. The Kier molecular flexibility index (Phi) is 10.2. The van der Waals surface area contributed by atoms with Crippen LogP contribution in [0.1, 0.15) is 47.9 Å². The third kappa shape index (κ3) is 7.43. The summed E-state index contributed by atoms with van der Waals surface area (Å²) in [4.78, 5) is 42.1. The van der Waals surface area contributed by atoms with Gasteiger partial charge in [0.2, 0.25) is 5.91 Å². The topological polar surface area (TPSA) is 117 Å². The number of nitrogens with zero attached hydrogens (tertiary/aromatic N) is 1. The first kappa shape index (κ1) is 32.9. The molecule has 4 aromatic rings. The number of ether oxygens (including phenoxy) is 2. The van der Waals surface area contributed by atoms with E-state index in [1.807, 2.05) is 97.1 Å². The monoisotopic (exact) mass is 647 g/mol. The smallest absolute Gasteiger partial charge is 0.407 e. The van der Waals surface area contributed by atoms with Crippen molar-refractivity contribution in [2.45, 2.75) is 56.5 Å². The molecule has 0 bridgehead atoms. The van der Waals surface area contributed by atoms with Crippen molar-refractivity contribution in [3.8, 4) is 11.1 Å². The van der Waals surface area contributed by atoms with Crippen LogP contribution in [0.25, 0.3) is 11.1 Å². The van der Waals surface area contributed by atoms with Crippen LogP contribution in [0.2, 0.25) is 0 Å². The number of piperidine rings is 1. The number of benzene rings is 4. The number of rotatable bonds is 12. The Morgan fingerprint density at radius 1 is 0.812 bits per heavy atom. The van der Waals surface area contributed by atoms with Gasteiger partial charge >= 0.3 is 12.1 Å². The second-order valence-electron chi connectivity index (χ2n) is 12.6. The van der Waals surface area contributed by atoms with Gasteiger partial charge in [-0.25, -0.2) is 9.59 Å². The first-order chi connectivity index (χ1) is 23.3. The van der Waals surface area contributed by atoms with Crippen LogP contribution < -0.4 is 10.6 Å². The maximum atomic E-state index is 13.9. The van der Waals surface area contributed by atoms with Gasteiger partial charge in [-0.3, -0.25) is 9.69 Å². The van der Waals surface area contributed by atoms with Gasteiger partial charge in [-0.2, -0.15) is 0 Å². The molecule has 3 N–H and O–H groups in total. The molecule has 2 amide bonds. The molecule has 6 rings (SSSR count). The van der Waals surface area contributed by atoms with Crippen LogP contribution in [0.15, 0.2) is 109 Å². The van der Waals surface area contributed by atoms with Crippen molar-refractivity contribution in [2.75, 3.05) is 19.7 Å². The molecule has 2 unspecified atom stereocenters. The first-order valence-corrected chi connectivity index (χ1v) is 16.4. The van der Waals surface area contributed by atoms with E-state index in [0.29, 0.717) is 19.6 Å². The number of aliphatic carboxylic acids is 1. The summed E-state index contributed by atoms with van der Waals surface area (Å²) in [6, 6.07) is 34.4. The number of alkyl carbamates (subject to hydrolysis) is 1. The number of nitrogens with one attached hydrogen (secondary N) is 2. The Hall–Kier alpha value is -4.99. The molecule has 9 heteroatoms. The van der Waals surface area contributed by atoms with Crippen molar-refractivity contribution in [2.24, 2.45) is 0 Å². The van der Waals surface area contributed by atoms with Crippen molar-refractivity contribution in [3.05, 3.63) is 131 Å². The number of likely N-dealkylation sites (tertiary alicyclic amines) is 1. The van der Waals surface area contributed by atoms with E-state index in [1.54, 1.807) is 6.92 Å². The average molecular weight is 648 g/mol. The number of hydrogen-bond acceptors (Lipinski definition) is 6. The second kappa shape index (κ2) is 14.8. The molecule has 48 heavy (non-hydrogen) atoms. The van der Waals surface area contributed by atoms with Crippen molar-refractivity contribution < 1.29 is 29.0 Å². The van der Waals surface area contributed by atoms with E-state index in [0.717, 1.165) is 33.4 Å². The van der Waals surface area contributed by atoms with E-state index >= 15 is 0 Å². The van der Waals surface area contributed by atoms with Crippen LogP contribution in [-0.2, 0) is 32.2 Å². The third-order valence-electron chi connectivity index (χ3n) is 9.46. The maximum Gasteiger partial charge on any atom is 0.407 e. The highest BCUT2D eigenvalue weighted by molar-refractivity contribution is 5.92. The highest BCUT2D eigenvalue weighted by Gasteiger charge is 2.45. The van der Waals surface area contributed by atoms with Gasteiger partial charge in [-0.15, -0.1) is 0 Å². The average Bonchev–Trinajstić information content (AvgIpc) is 3.43. The van der Waals surface area contributed by atoms with Gasteiger partial charge in [0.05, 0.1) is 12.7 Å². The molecular formula is C39H41N3O6. The molecule has 4 aromatic carbocycles. The molecule has 2 atom stereocenters. The molecular weight excluding hydrogens is 606 g/mol. The van der Waals surface area contributed by atoms with Crippen LogP contribution in [0.3, 0.4) is 0 Å². The molecule has 2 aliphatic rings. The van der Waals surface area contributed by atoms with Crippen molar-refractivity contribution >= 4 is 18.0 Å². The van der Waals surface area contributed by atoms with Gasteiger partial charge in [0.25, 0.3) is 0 Å². The summed E-state index contributed by atoms with van der Waals surface area (Å²) in [6.45, 7) is 3.64. The van der Waals surface area contributed by atoms with Gasteiger partial charge in [-0.1, -0.05) is 109 Å². The molecule has 0 saturated carbocycles. The summed E-state index contributed by atoms with van der Waals surface area (Å²) in [5.41, 5.74) is 4.92. The predicted molar refractivity (Wildman–Crippen MR) is 182 cm³/mol. The summed E-state index contributed by atoms with van der Waals surface area (Å²) >= 11 is 0. The normalized spacial score (nSPS) is 16.6. The minimum atomic E-state index is -1.48. The summed E-state index contributed by atoms with van der Waals surface area (Å²) < 4.78 is 11.8. The predicted octanol–water partition coefficient (Wildman–Crippen LogP) is 5.73. The molecule has 1 saturated heterocycles. The highest BCUT2D eigenvalue weighted by Crippen LogP contribution is 2.44. The van der Waals surface area contributed by atoms with E-state index in [1.165, 1.54) is 0 Å². The number of carboxylic acids is 1. The number of hydrogen-bond donors (Lipinski definition) is 3. The van der Waals surface area contributed by atoms with Gasteiger partial charge in [-0.05, 0) is 53.1 Å². The van der Waals surface area contributed by atoms with E-state index in [-0.39, 0.29) is 32.0 Å². The van der Waals surface area contributed by atoms with Gasteiger partial charge in [0, 0.05) is 25.6 Å². The zero-order chi connectivity index (χ0) is 33.5. The van der Waals surface area contributed by atoms with Crippen LogP contribution in [0.4, 0.5) is 4.79 Å². The molecule has 248 valence electrons. The number of fused-ring (bicyclic) bond motifs is 3. The van der Waals surface area contributed by atoms with Crippen molar-refractivity contribution in [3.63, 3.8) is 0 Å². The zero-order valence-electron chi connectivity index (χ0n) is 27.0. The summed E-state index contributed by atoms with van der Waals surface area (Å²) in [6.07, 6.45) is -1.14. The fraction of sp³-hybridized carbons (Fsp3) is 0.308. The van der Waals surface area contributed by atoms with Crippen LogP contribution in [0, 0.1) is 0 Å². The Labute approximate surface area is 280 Å². The quantitative estimate of drug-likeness (QED) is 0.180. The molecule has 1 aliphatic heterocycles. The van der Waals surface area contributed by atoms with Crippen molar-refractivity contribution in [1.82, 2.24) is 15.5 Å². The lowest BCUT2D eigenvalue weighted by Gasteiger charge is -2.40. The molecule has 1 heterocycles. The minimum Gasteiger partial charge on any atom is -0.480 e. The van der Waals surface area contributed by atoms with E-state index in [2.05, 4.69) is 27.7 Å².